The van der Waals surface area contributed by atoms with E-state index in [4.69, 9.17) is 5.26 Å². The molecule has 0 atom stereocenters. The zero-order valence-corrected chi connectivity index (χ0v) is 7.64. The van der Waals surface area contributed by atoms with E-state index >= 15 is 0 Å². The molecule has 0 aliphatic rings. The molecule has 6 heteroatoms. The van der Waals surface area contributed by atoms with Crippen LogP contribution >= 0.6 is 0 Å². The highest BCUT2D eigenvalue weighted by atomic mass is 19.4. The number of anilines is 1. The van der Waals surface area contributed by atoms with E-state index in [9.17, 15) is 17.6 Å². The van der Waals surface area contributed by atoms with Gasteiger partial charge in [-0.1, -0.05) is 0 Å². The molecule has 2 nitrogen and oxygen atoms in total. The molecular weight excluding hydrogens is 212 g/mol. The van der Waals surface area contributed by atoms with Crippen LogP contribution in [-0.2, 0) is 6.18 Å². The van der Waals surface area contributed by atoms with Gasteiger partial charge in [-0.15, -0.1) is 0 Å². The van der Waals surface area contributed by atoms with E-state index in [2.05, 4.69) is 0 Å². The highest BCUT2D eigenvalue weighted by Gasteiger charge is 2.31. The Morgan fingerprint density at radius 1 is 1.33 bits per heavy atom. The van der Waals surface area contributed by atoms with Gasteiger partial charge in [0.1, 0.15) is 5.82 Å². The predicted molar refractivity (Wildman–Crippen MR) is 45.4 cm³/mol. The Bertz CT molecular complexity index is 406. The first kappa shape index (κ1) is 11.3. The maximum atomic E-state index is 13.0. The van der Waals surface area contributed by atoms with Crippen LogP contribution in [0.1, 0.15) is 5.56 Å². The topological polar surface area (TPSA) is 27.0 Å². The maximum absolute atomic E-state index is 13.0. The third kappa shape index (κ3) is 2.37. The molecule has 0 aliphatic carbocycles. The van der Waals surface area contributed by atoms with Crippen LogP contribution in [-0.4, -0.2) is 7.05 Å². The minimum absolute atomic E-state index is 0.396. The lowest BCUT2D eigenvalue weighted by Crippen LogP contribution is -2.13. The highest BCUT2D eigenvalue weighted by molar-refractivity contribution is 5.52. The molecule has 0 amide bonds. The van der Waals surface area contributed by atoms with E-state index in [0.29, 0.717) is 18.2 Å². The lowest BCUT2D eigenvalue weighted by molar-refractivity contribution is -0.137. The number of rotatable bonds is 1. The van der Waals surface area contributed by atoms with E-state index in [1.165, 1.54) is 13.2 Å². The van der Waals surface area contributed by atoms with Crippen molar-refractivity contribution in [3.05, 3.63) is 29.6 Å². The Hall–Kier alpha value is -1.77. The van der Waals surface area contributed by atoms with Gasteiger partial charge >= 0.3 is 6.18 Å². The van der Waals surface area contributed by atoms with Gasteiger partial charge in [0, 0.05) is 7.05 Å². The Morgan fingerprint density at radius 2 is 1.93 bits per heavy atom. The number of benzene rings is 1. The second-order valence-electron chi connectivity index (χ2n) is 2.82. The summed E-state index contributed by atoms with van der Waals surface area (Å²) in [5, 5.41) is 8.43. The number of nitrogens with zero attached hydrogens (tertiary/aromatic N) is 2. The monoisotopic (exact) mass is 218 g/mol. The average molecular weight is 218 g/mol. The van der Waals surface area contributed by atoms with Gasteiger partial charge in [0.15, 0.2) is 6.19 Å². The molecule has 0 aromatic heterocycles. The third-order valence-corrected chi connectivity index (χ3v) is 1.78. The fourth-order valence-electron chi connectivity index (χ4n) is 1.000. The van der Waals surface area contributed by atoms with Gasteiger partial charge in [-0.05, 0) is 18.2 Å². The molecule has 0 saturated heterocycles. The standard InChI is InChI=1S/C9H6F4N2/c1-15(5-14)8-4-6(9(11,12)13)2-3-7(8)10/h2-4H,1H3. The van der Waals surface area contributed by atoms with Crippen molar-refractivity contribution in [2.75, 3.05) is 11.9 Å². The van der Waals surface area contributed by atoms with E-state index in [-0.39, 0.29) is 0 Å². The van der Waals surface area contributed by atoms with Gasteiger partial charge < -0.3 is 0 Å². The van der Waals surface area contributed by atoms with Gasteiger partial charge in [0.2, 0.25) is 0 Å². The first-order chi connectivity index (χ1) is 6.86. The minimum atomic E-state index is -4.54. The van der Waals surface area contributed by atoms with Crippen LogP contribution < -0.4 is 4.90 Å². The molecule has 0 heterocycles. The second kappa shape index (κ2) is 3.77. The maximum Gasteiger partial charge on any atom is 0.416 e. The highest BCUT2D eigenvalue weighted by Crippen LogP contribution is 2.32. The molecule has 1 aromatic carbocycles. The normalized spacial score (nSPS) is 10.9. The second-order valence-corrected chi connectivity index (χ2v) is 2.82. The summed E-state index contributed by atoms with van der Waals surface area (Å²) >= 11 is 0. The van der Waals surface area contributed by atoms with Crippen LogP contribution in [0.15, 0.2) is 18.2 Å². The summed E-state index contributed by atoms with van der Waals surface area (Å²) in [4.78, 5) is 0.727. The van der Waals surface area contributed by atoms with Crippen LogP contribution in [0, 0.1) is 17.3 Å². The van der Waals surface area contributed by atoms with E-state index in [0.717, 1.165) is 4.90 Å². The molecule has 0 N–H and O–H groups in total. The lowest BCUT2D eigenvalue weighted by atomic mass is 10.2. The first-order valence-electron chi connectivity index (χ1n) is 3.86. The molecule has 0 fully saturated rings. The fraction of sp³-hybridized carbons (Fsp3) is 0.222. The number of nitriles is 1. The number of hydrogen-bond acceptors (Lipinski definition) is 2. The molecule has 0 spiro atoms. The molecule has 80 valence electrons. The SMILES string of the molecule is CN(C#N)c1cc(C(F)(F)F)ccc1F. The van der Waals surface area contributed by atoms with E-state index in [1.807, 2.05) is 0 Å². The Morgan fingerprint density at radius 3 is 2.40 bits per heavy atom. The third-order valence-electron chi connectivity index (χ3n) is 1.78. The van der Waals surface area contributed by atoms with Gasteiger partial charge in [-0.3, -0.25) is 4.90 Å². The summed E-state index contributed by atoms with van der Waals surface area (Å²) in [5.74, 6) is -0.868. The number of alkyl halides is 3. The molecule has 1 rings (SSSR count). The van der Waals surface area contributed by atoms with Crippen molar-refractivity contribution in [2.45, 2.75) is 6.18 Å². The van der Waals surface area contributed by atoms with Gasteiger partial charge in [-0.2, -0.15) is 18.4 Å². The largest absolute Gasteiger partial charge is 0.416 e. The van der Waals surface area contributed by atoms with Crippen LogP contribution in [0.3, 0.4) is 0 Å². The van der Waals surface area contributed by atoms with Crippen molar-refractivity contribution in [2.24, 2.45) is 0 Å². The van der Waals surface area contributed by atoms with Crippen LogP contribution in [0.25, 0.3) is 0 Å². The lowest BCUT2D eigenvalue weighted by Gasteiger charge is -2.13. The molecule has 0 unspecified atom stereocenters. The van der Waals surface area contributed by atoms with Crippen molar-refractivity contribution in [3.8, 4) is 6.19 Å². The minimum Gasteiger partial charge on any atom is -0.280 e. The smallest absolute Gasteiger partial charge is 0.280 e. The zero-order valence-electron chi connectivity index (χ0n) is 7.64. The Balaban J connectivity index is 3.24. The number of hydrogen-bond donors (Lipinski definition) is 0. The molecular formula is C9H6F4N2. The summed E-state index contributed by atoms with van der Waals surface area (Å²) < 4.78 is 49.8. The molecule has 0 aliphatic heterocycles. The Labute approximate surface area is 83.3 Å². The van der Waals surface area contributed by atoms with Crippen LogP contribution in [0.4, 0.5) is 23.2 Å². The van der Waals surface area contributed by atoms with Crippen molar-refractivity contribution in [3.63, 3.8) is 0 Å². The van der Waals surface area contributed by atoms with Crippen molar-refractivity contribution < 1.29 is 17.6 Å². The summed E-state index contributed by atoms with van der Waals surface area (Å²) in [7, 11) is 1.18. The predicted octanol–water partition coefficient (Wildman–Crippen LogP) is 2.76. The zero-order chi connectivity index (χ0) is 11.6. The fourth-order valence-corrected chi connectivity index (χ4v) is 1.000. The average Bonchev–Trinajstić information content (AvgIpc) is 2.15. The van der Waals surface area contributed by atoms with Crippen molar-refractivity contribution in [1.82, 2.24) is 0 Å². The summed E-state index contributed by atoms with van der Waals surface area (Å²) in [6, 6.07) is 1.91. The van der Waals surface area contributed by atoms with E-state index < -0.39 is 23.2 Å². The first-order valence-corrected chi connectivity index (χ1v) is 3.86. The molecule has 0 bridgehead atoms. The van der Waals surface area contributed by atoms with Gasteiger partial charge in [0.05, 0.1) is 11.3 Å². The molecule has 15 heavy (non-hydrogen) atoms. The summed E-state index contributed by atoms with van der Waals surface area (Å²) in [6.45, 7) is 0. The van der Waals surface area contributed by atoms with Gasteiger partial charge in [0.25, 0.3) is 0 Å². The summed E-state index contributed by atoms with van der Waals surface area (Å²) in [5.41, 5.74) is -1.38. The van der Waals surface area contributed by atoms with Crippen molar-refractivity contribution in [1.29, 1.82) is 5.26 Å². The molecule has 0 saturated carbocycles. The molecule has 0 radical (unpaired) electrons. The quantitative estimate of drug-likeness (QED) is 0.411. The van der Waals surface area contributed by atoms with Gasteiger partial charge in [-0.25, -0.2) is 4.39 Å². The summed E-state index contributed by atoms with van der Waals surface area (Å²) in [6.07, 6.45) is -3.02. The Kier molecular flexibility index (Phi) is 2.84. The number of halogens is 4. The van der Waals surface area contributed by atoms with Crippen LogP contribution in [0.2, 0.25) is 0 Å². The molecule has 1 aromatic rings. The van der Waals surface area contributed by atoms with Crippen molar-refractivity contribution >= 4 is 5.69 Å². The van der Waals surface area contributed by atoms with Crippen LogP contribution in [0.5, 0.6) is 0 Å². The van der Waals surface area contributed by atoms with E-state index in [1.54, 1.807) is 0 Å².